The first-order valence-electron chi connectivity index (χ1n) is 8.50. The van der Waals surface area contributed by atoms with Crippen molar-refractivity contribution in [2.24, 2.45) is 5.92 Å². The van der Waals surface area contributed by atoms with E-state index in [1.165, 1.54) is 77.7 Å². The molecule has 3 heteroatoms. The number of hydrogen-bond acceptors (Lipinski definition) is 3. The molecular formula is C16H31N3. The fourth-order valence-corrected chi connectivity index (χ4v) is 4.53. The molecule has 0 spiro atoms. The maximum Gasteiger partial charge on any atom is 0.0235 e. The van der Waals surface area contributed by atoms with Gasteiger partial charge in [0.05, 0.1) is 0 Å². The largest absolute Gasteiger partial charge is 0.317 e. The van der Waals surface area contributed by atoms with Gasteiger partial charge < -0.3 is 10.2 Å². The first-order valence-corrected chi connectivity index (χ1v) is 8.50. The third kappa shape index (κ3) is 3.32. The summed E-state index contributed by atoms with van der Waals surface area (Å²) in [6.45, 7) is 6.76. The van der Waals surface area contributed by atoms with Crippen LogP contribution in [0.15, 0.2) is 0 Å². The van der Waals surface area contributed by atoms with E-state index in [-0.39, 0.29) is 0 Å². The highest BCUT2D eigenvalue weighted by Gasteiger charge is 2.31. The Morgan fingerprint density at radius 3 is 2.63 bits per heavy atom. The van der Waals surface area contributed by atoms with Crippen molar-refractivity contribution in [3.8, 4) is 0 Å². The van der Waals surface area contributed by atoms with Crippen LogP contribution in [0.3, 0.4) is 0 Å². The first kappa shape index (κ1) is 13.8. The van der Waals surface area contributed by atoms with Crippen LogP contribution in [0.2, 0.25) is 0 Å². The van der Waals surface area contributed by atoms with E-state index < -0.39 is 0 Å². The summed E-state index contributed by atoms with van der Waals surface area (Å²) in [5.41, 5.74) is 0. The Morgan fingerprint density at radius 1 is 1.00 bits per heavy atom. The van der Waals surface area contributed by atoms with E-state index in [0.29, 0.717) is 0 Å². The number of rotatable bonds is 5. The molecule has 2 heterocycles. The molecule has 1 aliphatic carbocycles. The third-order valence-electron chi connectivity index (χ3n) is 5.75. The lowest BCUT2D eigenvalue weighted by Gasteiger charge is -2.25. The summed E-state index contributed by atoms with van der Waals surface area (Å²) in [6, 6.07) is 1.68. The summed E-state index contributed by atoms with van der Waals surface area (Å²) >= 11 is 0. The van der Waals surface area contributed by atoms with Crippen LogP contribution in [-0.4, -0.2) is 61.7 Å². The summed E-state index contributed by atoms with van der Waals surface area (Å²) in [5.74, 6) is 0.941. The number of hydrogen-bond donors (Lipinski definition) is 1. The average Bonchev–Trinajstić information content (AvgIpc) is 3.16. The second-order valence-electron chi connectivity index (χ2n) is 6.86. The van der Waals surface area contributed by atoms with Crippen molar-refractivity contribution in [2.45, 2.75) is 57.0 Å². The molecule has 2 saturated heterocycles. The van der Waals surface area contributed by atoms with Gasteiger partial charge in [0, 0.05) is 18.6 Å². The Labute approximate surface area is 118 Å². The summed E-state index contributed by atoms with van der Waals surface area (Å²) in [7, 11) is 2.14. The fraction of sp³-hybridized carbons (Fsp3) is 1.00. The Hall–Kier alpha value is -0.120. The highest BCUT2D eigenvalue weighted by Crippen LogP contribution is 2.29. The van der Waals surface area contributed by atoms with Crippen LogP contribution in [0, 0.1) is 5.92 Å². The lowest BCUT2D eigenvalue weighted by Crippen LogP contribution is -2.36. The predicted molar refractivity (Wildman–Crippen MR) is 80.5 cm³/mol. The number of likely N-dealkylation sites (tertiary alicyclic amines) is 2. The molecule has 0 aromatic carbocycles. The molecule has 110 valence electrons. The van der Waals surface area contributed by atoms with Crippen LogP contribution >= 0.6 is 0 Å². The monoisotopic (exact) mass is 265 g/mol. The van der Waals surface area contributed by atoms with Crippen LogP contribution in [0.4, 0.5) is 0 Å². The van der Waals surface area contributed by atoms with E-state index in [9.17, 15) is 0 Å². The highest BCUT2D eigenvalue weighted by atomic mass is 15.3. The second kappa shape index (κ2) is 6.55. The molecule has 3 rings (SSSR count). The van der Waals surface area contributed by atoms with Crippen LogP contribution in [0.25, 0.3) is 0 Å². The normalized spacial score (nSPS) is 37.4. The molecule has 19 heavy (non-hydrogen) atoms. The molecule has 0 amide bonds. The van der Waals surface area contributed by atoms with Crippen molar-refractivity contribution < 1.29 is 0 Å². The predicted octanol–water partition coefficient (Wildman–Crippen LogP) is 1.93. The molecule has 3 aliphatic rings. The summed E-state index contributed by atoms with van der Waals surface area (Å²) < 4.78 is 0. The van der Waals surface area contributed by atoms with Gasteiger partial charge in [0.2, 0.25) is 0 Å². The minimum absolute atomic E-state index is 0.803. The molecule has 0 aromatic rings. The van der Waals surface area contributed by atoms with Crippen molar-refractivity contribution in [2.75, 3.05) is 39.8 Å². The standard InChI is InChI=1S/C16H31N3/c1-17-16-6-4-5-14(16)7-11-18-12-8-15(13-18)19-9-2-3-10-19/h14-17H,2-13H2,1H3. The van der Waals surface area contributed by atoms with E-state index >= 15 is 0 Å². The molecule has 3 unspecified atom stereocenters. The number of nitrogens with one attached hydrogen (secondary N) is 1. The van der Waals surface area contributed by atoms with Crippen molar-refractivity contribution in [3.05, 3.63) is 0 Å². The smallest absolute Gasteiger partial charge is 0.0235 e. The summed E-state index contributed by atoms with van der Waals surface area (Å²) in [6.07, 6.45) is 9.99. The lowest BCUT2D eigenvalue weighted by molar-refractivity contribution is 0.224. The first-order chi connectivity index (χ1) is 9.36. The maximum absolute atomic E-state index is 3.52. The third-order valence-corrected chi connectivity index (χ3v) is 5.75. The topological polar surface area (TPSA) is 18.5 Å². The zero-order valence-electron chi connectivity index (χ0n) is 12.6. The molecular weight excluding hydrogens is 234 g/mol. The lowest BCUT2D eigenvalue weighted by atomic mass is 9.99. The van der Waals surface area contributed by atoms with E-state index in [2.05, 4.69) is 22.2 Å². The SMILES string of the molecule is CNC1CCCC1CCN1CCC(N2CCCC2)C1. The van der Waals surface area contributed by atoms with Crippen molar-refractivity contribution in [3.63, 3.8) is 0 Å². The molecule has 3 fully saturated rings. The molecule has 2 aliphatic heterocycles. The van der Waals surface area contributed by atoms with Crippen LogP contribution in [0.1, 0.15) is 44.9 Å². The molecule has 3 nitrogen and oxygen atoms in total. The molecule has 0 bridgehead atoms. The van der Waals surface area contributed by atoms with Crippen LogP contribution < -0.4 is 5.32 Å². The van der Waals surface area contributed by atoms with Gasteiger partial charge in [-0.3, -0.25) is 4.90 Å². The van der Waals surface area contributed by atoms with Crippen molar-refractivity contribution >= 4 is 0 Å². The summed E-state index contributed by atoms with van der Waals surface area (Å²) in [5, 5.41) is 3.52. The van der Waals surface area contributed by atoms with Crippen molar-refractivity contribution in [1.82, 2.24) is 15.1 Å². The minimum Gasteiger partial charge on any atom is -0.317 e. The zero-order valence-corrected chi connectivity index (χ0v) is 12.6. The maximum atomic E-state index is 3.52. The van der Waals surface area contributed by atoms with E-state index in [0.717, 1.165) is 18.0 Å². The van der Waals surface area contributed by atoms with Gasteiger partial charge in [-0.2, -0.15) is 0 Å². The Bertz CT molecular complexity index is 275. The van der Waals surface area contributed by atoms with Gasteiger partial charge in [-0.1, -0.05) is 6.42 Å². The van der Waals surface area contributed by atoms with Crippen LogP contribution in [0.5, 0.6) is 0 Å². The highest BCUT2D eigenvalue weighted by molar-refractivity contribution is 4.87. The van der Waals surface area contributed by atoms with Gasteiger partial charge in [0.15, 0.2) is 0 Å². The second-order valence-corrected chi connectivity index (χ2v) is 6.86. The average molecular weight is 265 g/mol. The Morgan fingerprint density at radius 2 is 1.84 bits per heavy atom. The molecule has 0 aromatic heterocycles. The van der Waals surface area contributed by atoms with Gasteiger partial charge in [-0.15, -0.1) is 0 Å². The van der Waals surface area contributed by atoms with Crippen LogP contribution in [-0.2, 0) is 0 Å². The molecule has 0 radical (unpaired) electrons. The number of nitrogens with zero attached hydrogens (tertiary/aromatic N) is 2. The van der Waals surface area contributed by atoms with E-state index in [1.807, 2.05) is 0 Å². The molecule has 1 N–H and O–H groups in total. The Kier molecular flexibility index (Phi) is 4.78. The fourth-order valence-electron chi connectivity index (χ4n) is 4.53. The van der Waals surface area contributed by atoms with Gasteiger partial charge in [-0.05, 0) is 77.7 Å². The van der Waals surface area contributed by atoms with Gasteiger partial charge in [-0.25, -0.2) is 0 Å². The quantitative estimate of drug-likeness (QED) is 0.819. The van der Waals surface area contributed by atoms with Crippen molar-refractivity contribution in [1.29, 1.82) is 0 Å². The van der Waals surface area contributed by atoms with E-state index in [1.54, 1.807) is 0 Å². The molecule has 3 atom stereocenters. The van der Waals surface area contributed by atoms with Gasteiger partial charge in [0.1, 0.15) is 0 Å². The zero-order chi connectivity index (χ0) is 13.1. The van der Waals surface area contributed by atoms with E-state index in [4.69, 9.17) is 0 Å². The summed E-state index contributed by atoms with van der Waals surface area (Å²) in [4.78, 5) is 5.47. The van der Waals surface area contributed by atoms with Gasteiger partial charge >= 0.3 is 0 Å². The molecule has 1 saturated carbocycles. The minimum atomic E-state index is 0.803. The van der Waals surface area contributed by atoms with Gasteiger partial charge in [0.25, 0.3) is 0 Å². The Balaban J connectivity index is 1.39.